The molecule has 0 spiro atoms. The molecule has 1 aromatic heterocycles. The van der Waals surface area contributed by atoms with Gasteiger partial charge in [-0.3, -0.25) is 0 Å². The van der Waals surface area contributed by atoms with Gasteiger partial charge in [-0.15, -0.1) is 0 Å². The Labute approximate surface area is 174 Å². The third kappa shape index (κ3) is 3.47. The molecule has 2 aliphatic heterocycles. The number of nitrogens with zero attached hydrogens (tertiary/aromatic N) is 4. The van der Waals surface area contributed by atoms with Gasteiger partial charge in [-0.05, 0) is 36.8 Å². The number of anilines is 2. The molecule has 30 heavy (non-hydrogen) atoms. The summed E-state index contributed by atoms with van der Waals surface area (Å²) in [5.74, 6) is 3.07. The zero-order chi connectivity index (χ0) is 20.8. The maximum absolute atomic E-state index is 13.9. The van der Waals surface area contributed by atoms with Gasteiger partial charge in [0.2, 0.25) is 12.7 Å². The second-order valence-corrected chi connectivity index (χ2v) is 8.37. The number of halogens is 1. The minimum absolute atomic E-state index is 0.214. The number of aliphatic hydroxyl groups excluding tert-OH is 1. The number of fused-ring (bicyclic) bond motifs is 2. The predicted molar refractivity (Wildman–Crippen MR) is 108 cm³/mol. The van der Waals surface area contributed by atoms with Crippen LogP contribution in [0.25, 0.3) is 0 Å². The summed E-state index contributed by atoms with van der Waals surface area (Å²) < 4.78 is 30.8. The van der Waals surface area contributed by atoms with Gasteiger partial charge in [0.1, 0.15) is 11.9 Å². The molecule has 1 N–H and O–H groups in total. The van der Waals surface area contributed by atoms with Gasteiger partial charge < -0.3 is 29.1 Å². The van der Waals surface area contributed by atoms with E-state index in [1.165, 1.54) is 6.20 Å². The second-order valence-electron chi connectivity index (χ2n) is 8.37. The number of aromatic nitrogens is 2. The van der Waals surface area contributed by atoms with Gasteiger partial charge in [0.25, 0.3) is 0 Å². The van der Waals surface area contributed by atoms with Crippen molar-refractivity contribution in [3.63, 3.8) is 0 Å². The molecule has 1 saturated carbocycles. The molecule has 1 aliphatic carbocycles. The van der Waals surface area contributed by atoms with Crippen molar-refractivity contribution in [2.75, 3.05) is 43.8 Å². The Morgan fingerprint density at radius 3 is 2.73 bits per heavy atom. The summed E-state index contributed by atoms with van der Waals surface area (Å²) >= 11 is 0. The lowest BCUT2D eigenvalue weighted by atomic mass is 9.78. The largest absolute Gasteiger partial charge is 0.488 e. The van der Waals surface area contributed by atoms with Crippen molar-refractivity contribution in [1.82, 2.24) is 9.97 Å². The summed E-state index contributed by atoms with van der Waals surface area (Å²) in [6, 6.07) is 5.46. The molecule has 5 rings (SSSR count). The van der Waals surface area contributed by atoms with Crippen molar-refractivity contribution < 1.29 is 23.7 Å². The number of ether oxygens (including phenoxy) is 3. The zero-order valence-electron chi connectivity index (χ0n) is 17.0. The van der Waals surface area contributed by atoms with E-state index in [9.17, 15) is 9.50 Å². The van der Waals surface area contributed by atoms with Crippen LogP contribution < -0.4 is 24.0 Å². The predicted octanol–water partition coefficient (Wildman–Crippen LogP) is 2.07. The molecule has 160 valence electrons. The SMILES string of the molecule is CN(C)c1nc(N2C[C@H]3C[C@@H](Oc4ccc5c(c4)OCO5)[C@H](O)C[C@H]3C2)ncc1F. The van der Waals surface area contributed by atoms with E-state index < -0.39 is 11.9 Å². The standard InChI is InChI=1S/C21H25FN4O4/c1-25(2)20-15(22)8-23-21(24-20)26-9-12-5-16(27)18(6-13(12)10-26)30-14-3-4-17-19(7-14)29-11-28-17/h3-4,7-8,12-13,16,18,27H,5-6,9-11H2,1-2H3/t12-,13+,16+,18+/m0/s1. The molecule has 9 heteroatoms. The smallest absolute Gasteiger partial charge is 0.231 e. The number of hydrogen-bond acceptors (Lipinski definition) is 8. The summed E-state index contributed by atoms with van der Waals surface area (Å²) in [6.07, 6.45) is 1.76. The first-order chi connectivity index (χ1) is 14.5. The molecule has 1 saturated heterocycles. The van der Waals surface area contributed by atoms with Crippen molar-refractivity contribution >= 4 is 11.8 Å². The van der Waals surface area contributed by atoms with Gasteiger partial charge in [-0.1, -0.05) is 0 Å². The molecule has 0 amide bonds. The van der Waals surface area contributed by atoms with Crippen LogP contribution in [-0.2, 0) is 0 Å². The number of rotatable bonds is 4. The van der Waals surface area contributed by atoms with Crippen LogP contribution in [0.5, 0.6) is 17.2 Å². The van der Waals surface area contributed by atoms with Crippen molar-refractivity contribution in [3.8, 4) is 17.2 Å². The molecule has 0 radical (unpaired) electrons. The van der Waals surface area contributed by atoms with Crippen molar-refractivity contribution in [1.29, 1.82) is 0 Å². The summed E-state index contributed by atoms with van der Waals surface area (Å²) in [5.41, 5.74) is 0. The monoisotopic (exact) mass is 416 g/mol. The Kier molecular flexibility index (Phi) is 4.77. The minimum Gasteiger partial charge on any atom is -0.488 e. The molecular weight excluding hydrogens is 391 g/mol. The van der Waals surface area contributed by atoms with E-state index in [0.717, 1.165) is 19.5 Å². The van der Waals surface area contributed by atoms with Gasteiger partial charge in [0.05, 0.1) is 12.3 Å². The highest BCUT2D eigenvalue weighted by Crippen LogP contribution is 2.41. The number of aliphatic hydroxyl groups is 1. The first-order valence-corrected chi connectivity index (χ1v) is 10.2. The van der Waals surface area contributed by atoms with Crippen molar-refractivity contribution in [2.45, 2.75) is 25.0 Å². The third-order valence-corrected chi connectivity index (χ3v) is 6.14. The van der Waals surface area contributed by atoms with Crippen LogP contribution in [-0.4, -0.2) is 61.3 Å². The second kappa shape index (κ2) is 7.46. The molecule has 2 aromatic rings. The van der Waals surface area contributed by atoms with E-state index in [4.69, 9.17) is 14.2 Å². The van der Waals surface area contributed by atoms with E-state index in [0.29, 0.717) is 41.5 Å². The molecule has 4 atom stereocenters. The Morgan fingerprint density at radius 2 is 1.93 bits per heavy atom. The van der Waals surface area contributed by atoms with E-state index >= 15 is 0 Å². The van der Waals surface area contributed by atoms with Gasteiger partial charge >= 0.3 is 0 Å². The molecule has 2 fully saturated rings. The maximum Gasteiger partial charge on any atom is 0.231 e. The van der Waals surface area contributed by atoms with Crippen LogP contribution in [0.3, 0.4) is 0 Å². The van der Waals surface area contributed by atoms with Gasteiger partial charge in [-0.2, -0.15) is 4.98 Å². The lowest BCUT2D eigenvalue weighted by Gasteiger charge is -2.35. The molecule has 1 aromatic carbocycles. The van der Waals surface area contributed by atoms with E-state index in [1.807, 2.05) is 12.1 Å². The Hall–Kier alpha value is -2.81. The fourth-order valence-electron chi connectivity index (χ4n) is 4.62. The van der Waals surface area contributed by atoms with Crippen LogP contribution in [0.1, 0.15) is 12.8 Å². The topological polar surface area (TPSA) is 80.2 Å². The van der Waals surface area contributed by atoms with Gasteiger partial charge in [0.15, 0.2) is 23.1 Å². The molecule has 0 bridgehead atoms. The van der Waals surface area contributed by atoms with E-state index in [2.05, 4.69) is 14.9 Å². The number of hydrogen-bond donors (Lipinski definition) is 1. The molecule has 8 nitrogen and oxygen atoms in total. The van der Waals surface area contributed by atoms with Gasteiger partial charge in [-0.25, -0.2) is 9.37 Å². The molecule has 3 aliphatic rings. The summed E-state index contributed by atoms with van der Waals surface area (Å²) in [7, 11) is 3.51. The fraction of sp³-hybridized carbons (Fsp3) is 0.524. The average Bonchev–Trinajstić information content (AvgIpc) is 3.34. The van der Waals surface area contributed by atoms with Crippen LogP contribution in [0.2, 0.25) is 0 Å². The first kappa shape index (κ1) is 19.2. The summed E-state index contributed by atoms with van der Waals surface area (Å²) in [4.78, 5) is 12.3. The zero-order valence-corrected chi connectivity index (χ0v) is 17.0. The maximum atomic E-state index is 13.9. The van der Waals surface area contributed by atoms with E-state index in [-0.39, 0.29) is 18.7 Å². The van der Waals surface area contributed by atoms with Crippen LogP contribution in [0.15, 0.2) is 24.4 Å². The van der Waals surface area contributed by atoms with Crippen molar-refractivity contribution in [2.24, 2.45) is 11.8 Å². The van der Waals surface area contributed by atoms with Crippen LogP contribution in [0.4, 0.5) is 16.2 Å². The lowest BCUT2D eigenvalue weighted by molar-refractivity contribution is -0.0232. The summed E-state index contributed by atoms with van der Waals surface area (Å²) in [6.45, 7) is 1.72. The Morgan fingerprint density at radius 1 is 1.17 bits per heavy atom. The highest BCUT2D eigenvalue weighted by molar-refractivity contribution is 5.47. The van der Waals surface area contributed by atoms with Crippen LogP contribution >= 0.6 is 0 Å². The van der Waals surface area contributed by atoms with Crippen molar-refractivity contribution in [3.05, 3.63) is 30.2 Å². The quantitative estimate of drug-likeness (QED) is 0.812. The summed E-state index contributed by atoms with van der Waals surface area (Å²) in [5, 5.41) is 10.7. The Balaban J connectivity index is 1.28. The van der Waals surface area contributed by atoms with Crippen LogP contribution in [0, 0.1) is 17.7 Å². The fourth-order valence-corrected chi connectivity index (χ4v) is 4.62. The highest BCUT2D eigenvalue weighted by atomic mass is 19.1. The molecule has 0 unspecified atom stereocenters. The minimum atomic E-state index is -0.553. The Bertz CT molecular complexity index is 943. The first-order valence-electron chi connectivity index (χ1n) is 10.2. The highest BCUT2D eigenvalue weighted by Gasteiger charge is 2.43. The number of benzene rings is 1. The lowest BCUT2D eigenvalue weighted by Crippen LogP contribution is -2.42. The van der Waals surface area contributed by atoms with Gasteiger partial charge in [0, 0.05) is 33.3 Å². The average molecular weight is 416 g/mol. The molecule has 3 heterocycles. The normalized spacial score (nSPS) is 27.1. The third-order valence-electron chi connectivity index (χ3n) is 6.14. The molecular formula is C21H25FN4O4. The van der Waals surface area contributed by atoms with E-state index in [1.54, 1.807) is 25.1 Å².